The molecule has 0 fully saturated rings. The van der Waals surface area contributed by atoms with Crippen molar-refractivity contribution in [3.05, 3.63) is 52.0 Å². The highest BCUT2D eigenvalue weighted by atomic mass is 79.9. The second kappa shape index (κ2) is 5.13. The first kappa shape index (κ1) is 11.8. The molecule has 16 heavy (non-hydrogen) atoms. The molecule has 0 spiro atoms. The van der Waals surface area contributed by atoms with Crippen molar-refractivity contribution >= 4 is 45.0 Å². The normalized spacial score (nSPS) is 10.4. The molecule has 0 saturated carbocycles. The zero-order valence-electron chi connectivity index (χ0n) is 8.28. The van der Waals surface area contributed by atoms with E-state index in [0.717, 1.165) is 25.0 Å². The first-order valence-corrected chi connectivity index (χ1v) is 6.62. The topological polar surface area (TPSA) is 26.0 Å². The van der Waals surface area contributed by atoms with Crippen LogP contribution in [0.4, 0.5) is 5.69 Å². The van der Waals surface area contributed by atoms with E-state index in [-0.39, 0.29) is 0 Å². The van der Waals surface area contributed by atoms with Crippen molar-refractivity contribution in [2.75, 3.05) is 5.73 Å². The minimum atomic E-state index is 0.742. The van der Waals surface area contributed by atoms with E-state index in [1.54, 1.807) is 11.8 Å². The lowest BCUT2D eigenvalue weighted by atomic mass is 10.3. The highest BCUT2D eigenvalue weighted by Crippen LogP contribution is 2.34. The number of rotatable bonds is 2. The van der Waals surface area contributed by atoms with Crippen molar-refractivity contribution in [1.82, 2.24) is 0 Å². The summed E-state index contributed by atoms with van der Waals surface area (Å²) in [5.74, 6) is 0. The standard InChI is InChI=1S/C12H9BrClNS/c13-8-1-6-11(15)12(7-8)16-10-4-2-9(14)3-5-10/h1-7H,15H2. The average Bonchev–Trinajstić information content (AvgIpc) is 2.27. The van der Waals surface area contributed by atoms with Gasteiger partial charge in [0.25, 0.3) is 0 Å². The van der Waals surface area contributed by atoms with E-state index in [4.69, 9.17) is 17.3 Å². The highest BCUT2D eigenvalue weighted by molar-refractivity contribution is 9.10. The van der Waals surface area contributed by atoms with Crippen LogP contribution in [0.5, 0.6) is 0 Å². The van der Waals surface area contributed by atoms with E-state index in [1.165, 1.54) is 0 Å². The molecule has 0 aliphatic heterocycles. The minimum Gasteiger partial charge on any atom is -0.398 e. The second-order valence-electron chi connectivity index (χ2n) is 3.24. The van der Waals surface area contributed by atoms with Crippen LogP contribution in [0, 0.1) is 0 Å². The Morgan fingerprint density at radius 2 is 1.75 bits per heavy atom. The largest absolute Gasteiger partial charge is 0.398 e. The Balaban J connectivity index is 2.26. The summed E-state index contributed by atoms with van der Waals surface area (Å²) >= 11 is 10.9. The van der Waals surface area contributed by atoms with Gasteiger partial charge in [-0.3, -0.25) is 0 Å². The summed E-state index contributed by atoms with van der Waals surface area (Å²) in [4.78, 5) is 2.16. The smallest absolute Gasteiger partial charge is 0.0456 e. The second-order valence-corrected chi connectivity index (χ2v) is 5.71. The van der Waals surface area contributed by atoms with Crippen molar-refractivity contribution in [3.63, 3.8) is 0 Å². The van der Waals surface area contributed by atoms with Crippen LogP contribution >= 0.6 is 39.3 Å². The quantitative estimate of drug-likeness (QED) is 0.803. The Morgan fingerprint density at radius 1 is 1.06 bits per heavy atom. The van der Waals surface area contributed by atoms with Gasteiger partial charge in [0, 0.05) is 25.0 Å². The summed E-state index contributed by atoms with van der Waals surface area (Å²) in [5.41, 5.74) is 6.68. The molecule has 0 heterocycles. The fourth-order valence-electron chi connectivity index (χ4n) is 1.23. The maximum Gasteiger partial charge on any atom is 0.0456 e. The van der Waals surface area contributed by atoms with Gasteiger partial charge in [0.15, 0.2) is 0 Å². The molecule has 0 amide bonds. The van der Waals surface area contributed by atoms with Gasteiger partial charge in [-0.1, -0.05) is 39.3 Å². The summed E-state index contributed by atoms with van der Waals surface area (Å²) in [5, 5.41) is 0.742. The summed E-state index contributed by atoms with van der Waals surface area (Å²) in [6.45, 7) is 0. The molecule has 0 bridgehead atoms. The lowest BCUT2D eigenvalue weighted by Gasteiger charge is -2.05. The molecular weight excluding hydrogens is 306 g/mol. The van der Waals surface area contributed by atoms with Crippen LogP contribution in [-0.4, -0.2) is 0 Å². The van der Waals surface area contributed by atoms with Crippen LogP contribution in [0.1, 0.15) is 0 Å². The molecular formula is C12H9BrClNS. The zero-order chi connectivity index (χ0) is 11.5. The monoisotopic (exact) mass is 313 g/mol. The predicted molar refractivity (Wildman–Crippen MR) is 74.1 cm³/mol. The molecule has 2 rings (SSSR count). The van der Waals surface area contributed by atoms with Crippen LogP contribution in [-0.2, 0) is 0 Å². The lowest BCUT2D eigenvalue weighted by molar-refractivity contribution is 1.40. The Hall–Kier alpha value is -0.640. The van der Waals surface area contributed by atoms with Gasteiger partial charge in [-0.05, 0) is 42.5 Å². The molecule has 0 aliphatic carbocycles. The average molecular weight is 315 g/mol. The number of hydrogen-bond donors (Lipinski definition) is 1. The van der Waals surface area contributed by atoms with Crippen molar-refractivity contribution < 1.29 is 0 Å². The number of anilines is 1. The molecule has 4 heteroatoms. The van der Waals surface area contributed by atoms with Gasteiger partial charge in [0.1, 0.15) is 0 Å². The van der Waals surface area contributed by atoms with Crippen molar-refractivity contribution in [2.24, 2.45) is 0 Å². The van der Waals surface area contributed by atoms with Crippen LogP contribution < -0.4 is 5.73 Å². The van der Waals surface area contributed by atoms with Crippen LogP contribution in [0.25, 0.3) is 0 Å². The number of halogens is 2. The molecule has 0 atom stereocenters. The van der Waals surface area contributed by atoms with Gasteiger partial charge < -0.3 is 5.73 Å². The van der Waals surface area contributed by atoms with E-state index >= 15 is 0 Å². The fraction of sp³-hybridized carbons (Fsp3) is 0. The van der Waals surface area contributed by atoms with Gasteiger partial charge in [-0.25, -0.2) is 0 Å². The maximum atomic E-state index is 5.90. The molecule has 0 unspecified atom stereocenters. The first-order chi connectivity index (χ1) is 7.65. The fourth-order valence-corrected chi connectivity index (χ4v) is 2.76. The van der Waals surface area contributed by atoms with E-state index < -0.39 is 0 Å². The third kappa shape index (κ3) is 2.94. The Morgan fingerprint density at radius 3 is 2.44 bits per heavy atom. The summed E-state index contributed by atoms with van der Waals surface area (Å²) in [7, 11) is 0. The van der Waals surface area contributed by atoms with Crippen LogP contribution in [0.2, 0.25) is 5.02 Å². The van der Waals surface area contributed by atoms with Gasteiger partial charge in [-0.15, -0.1) is 0 Å². The van der Waals surface area contributed by atoms with Gasteiger partial charge in [-0.2, -0.15) is 0 Å². The third-order valence-electron chi connectivity index (χ3n) is 2.02. The van der Waals surface area contributed by atoms with E-state index in [0.29, 0.717) is 0 Å². The van der Waals surface area contributed by atoms with Crippen molar-refractivity contribution in [2.45, 2.75) is 9.79 Å². The number of hydrogen-bond acceptors (Lipinski definition) is 2. The van der Waals surface area contributed by atoms with Crippen LogP contribution in [0.3, 0.4) is 0 Å². The van der Waals surface area contributed by atoms with Gasteiger partial charge >= 0.3 is 0 Å². The van der Waals surface area contributed by atoms with E-state index in [2.05, 4.69) is 15.9 Å². The molecule has 2 N–H and O–H groups in total. The Kier molecular flexibility index (Phi) is 3.79. The van der Waals surface area contributed by atoms with E-state index in [1.807, 2.05) is 42.5 Å². The van der Waals surface area contributed by atoms with E-state index in [9.17, 15) is 0 Å². The SMILES string of the molecule is Nc1ccc(Br)cc1Sc1ccc(Cl)cc1. The summed E-state index contributed by atoms with van der Waals surface area (Å²) in [6.07, 6.45) is 0. The Bertz CT molecular complexity index is 499. The van der Waals surface area contributed by atoms with Crippen molar-refractivity contribution in [3.8, 4) is 0 Å². The summed E-state index contributed by atoms with van der Waals surface area (Å²) in [6, 6.07) is 13.5. The number of benzene rings is 2. The molecule has 0 saturated heterocycles. The first-order valence-electron chi connectivity index (χ1n) is 4.63. The highest BCUT2D eigenvalue weighted by Gasteiger charge is 2.02. The van der Waals surface area contributed by atoms with Crippen LogP contribution in [0.15, 0.2) is 56.7 Å². The minimum absolute atomic E-state index is 0.742. The summed E-state index contributed by atoms with van der Waals surface area (Å²) < 4.78 is 1.03. The van der Waals surface area contributed by atoms with Gasteiger partial charge in [0.2, 0.25) is 0 Å². The Labute approximate surface area is 112 Å². The van der Waals surface area contributed by atoms with Crippen molar-refractivity contribution in [1.29, 1.82) is 0 Å². The number of nitrogen functional groups attached to an aromatic ring is 1. The molecule has 0 radical (unpaired) electrons. The third-order valence-corrected chi connectivity index (χ3v) is 3.84. The molecule has 0 aromatic heterocycles. The molecule has 0 aliphatic rings. The lowest BCUT2D eigenvalue weighted by Crippen LogP contribution is -1.87. The molecule has 2 aromatic carbocycles. The van der Waals surface area contributed by atoms with Gasteiger partial charge in [0.05, 0.1) is 0 Å². The molecule has 2 aromatic rings. The molecule has 82 valence electrons. The maximum absolute atomic E-state index is 5.90. The zero-order valence-corrected chi connectivity index (χ0v) is 11.4. The molecule has 1 nitrogen and oxygen atoms in total. The number of nitrogens with two attached hydrogens (primary N) is 1. The predicted octanol–water partition coefficient (Wildman–Crippen LogP) is 4.84.